The molecule has 0 fully saturated rings. The van der Waals surface area contributed by atoms with Crippen molar-refractivity contribution in [2.75, 3.05) is 18.4 Å². The number of hydrogen-bond acceptors (Lipinski definition) is 4. The van der Waals surface area contributed by atoms with Crippen LogP contribution in [0.3, 0.4) is 0 Å². The summed E-state index contributed by atoms with van der Waals surface area (Å²) in [5.74, 6) is -0.873. The minimum Gasteiger partial charge on any atom is -0.497 e. The highest BCUT2D eigenvalue weighted by molar-refractivity contribution is 7.92. The third-order valence-corrected chi connectivity index (χ3v) is 5.76. The number of methoxy groups -OCH3 is 1. The number of nitrogens with one attached hydrogen (secondary N) is 2. The summed E-state index contributed by atoms with van der Waals surface area (Å²) in [5.41, 5.74) is 1.36. The Bertz CT molecular complexity index is 1120. The van der Waals surface area contributed by atoms with E-state index < -0.39 is 26.6 Å². The summed E-state index contributed by atoms with van der Waals surface area (Å²) in [5, 5.41) is 2.72. The molecule has 0 unspecified atom stereocenters. The first-order chi connectivity index (χ1) is 14.4. The van der Waals surface area contributed by atoms with E-state index in [1.807, 2.05) is 30.3 Å². The van der Waals surface area contributed by atoms with E-state index in [2.05, 4.69) is 10.0 Å². The van der Waals surface area contributed by atoms with Crippen molar-refractivity contribution in [3.8, 4) is 5.75 Å². The van der Waals surface area contributed by atoms with E-state index in [0.29, 0.717) is 18.7 Å². The fraction of sp³-hybridized carbons (Fsp3) is 0.136. The maximum atomic E-state index is 14.3. The van der Waals surface area contributed by atoms with Gasteiger partial charge >= 0.3 is 0 Å². The van der Waals surface area contributed by atoms with Gasteiger partial charge in [-0.15, -0.1) is 0 Å². The molecule has 156 valence electrons. The van der Waals surface area contributed by atoms with Gasteiger partial charge in [0.25, 0.3) is 15.9 Å². The highest BCUT2D eigenvalue weighted by atomic mass is 32.2. The van der Waals surface area contributed by atoms with Gasteiger partial charge in [0, 0.05) is 17.8 Å². The summed E-state index contributed by atoms with van der Waals surface area (Å²) in [6, 6.07) is 19.0. The summed E-state index contributed by atoms with van der Waals surface area (Å²) in [6.45, 7) is 0.367. The molecule has 0 aliphatic rings. The summed E-state index contributed by atoms with van der Waals surface area (Å²) >= 11 is 0. The molecular weight excluding hydrogens is 407 g/mol. The van der Waals surface area contributed by atoms with Crippen LogP contribution >= 0.6 is 0 Å². The molecular formula is C22H21FN2O4S. The number of amides is 1. The van der Waals surface area contributed by atoms with E-state index in [9.17, 15) is 17.6 Å². The van der Waals surface area contributed by atoms with E-state index >= 15 is 0 Å². The fourth-order valence-electron chi connectivity index (χ4n) is 2.79. The Morgan fingerprint density at radius 1 is 1.00 bits per heavy atom. The first-order valence-corrected chi connectivity index (χ1v) is 10.7. The van der Waals surface area contributed by atoms with Crippen molar-refractivity contribution < 1.29 is 22.3 Å². The van der Waals surface area contributed by atoms with Gasteiger partial charge in [-0.05, 0) is 54.4 Å². The van der Waals surface area contributed by atoms with Crippen LogP contribution in [0.5, 0.6) is 5.75 Å². The van der Waals surface area contributed by atoms with Crippen molar-refractivity contribution in [1.82, 2.24) is 5.32 Å². The molecule has 0 heterocycles. The maximum Gasteiger partial charge on any atom is 0.264 e. The molecule has 0 radical (unpaired) electrons. The van der Waals surface area contributed by atoms with Crippen molar-refractivity contribution in [2.45, 2.75) is 11.3 Å². The zero-order valence-electron chi connectivity index (χ0n) is 16.3. The maximum absolute atomic E-state index is 14.3. The molecule has 3 aromatic carbocycles. The Morgan fingerprint density at radius 3 is 2.37 bits per heavy atom. The summed E-state index contributed by atoms with van der Waals surface area (Å²) in [4.78, 5) is 11.8. The molecule has 0 aliphatic carbocycles. The zero-order valence-corrected chi connectivity index (χ0v) is 17.1. The quantitative estimate of drug-likeness (QED) is 0.574. The fourth-order valence-corrected chi connectivity index (χ4v) is 3.95. The van der Waals surface area contributed by atoms with E-state index in [0.717, 1.165) is 17.7 Å². The van der Waals surface area contributed by atoms with Gasteiger partial charge in [0.05, 0.1) is 7.11 Å². The van der Waals surface area contributed by atoms with Crippen molar-refractivity contribution in [2.24, 2.45) is 0 Å². The normalized spacial score (nSPS) is 11.0. The molecule has 3 aromatic rings. The number of sulfonamides is 1. The van der Waals surface area contributed by atoms with Gasteiger partial charge in [-0.25, -0.2) is 12.8 Å². The predicted molar refractivity (Wildman–Crippen MR) is 113 cm³/mol. The predicted octanol–water partition coefficient (Wildman–Crippen LogP) is 3.61. The van der Waals surface area contributed by atoms with Crippen LogP contribution in [-0.4, -0.2) is 28.0 Å². The molecule has 0 saturated heterocycles. The number of carbonyl (C=O) groups excluding carboxylic acids is 1. The van der Waals surface area contributed by atoms with E-state index in [1.54, 1.807) is 12.1 Å². The molecule has 3 rings (SSSR count). The molecule has 0 saturated carbocycles. The van der Waals surface area contributed by atoms with E-state index in [-0.39, 0.29) is 11.3 Å². The van der Waals surface area contributed by atoms with Crippen LogP contribution in [-0.2, 0) is 16.4 Å². The van der Waals surface area contributed by atoms with E-state index in [1.165, 1.54) is 25.3 Å². The first-order valence-electron chi connectivity index (χ1n) is 9.17. The molecule has 6 nitrogen and oxygen atoms in total. The second-order valence-corrected chi connectivity index (χ2v) is 8.12. The molecule has 30 heavy (non-hydrogen) atoms. The Morgan fingerprint density at radius 2 is 1.70 bits per heavy atom. The third kappa shape index (κ3) is 5.36. The number of benzene rings is 3. The number of halogens is 1. The summed E-state index contributed by atoms with van der Waals surface area (Å²) < 4.78 is 46.9. The average Bonchev–Trinajstić information content (AvgIpc) is 2.75. The lowest BCUT2D eigenvalue weighted by atomic mass is 10.1. The Balaban J connectivity index is 1.72. The topological polar surface area (TPSA) is 84.5 Å². The SMILES string of the molecule is COc1ccc(NS(=O)(=O)c2cc(C(=O)NCCc3ccccc3)ccc2F)cc1. The minimum absolute atomic E-state index is 0.0552. The highest BCUT2D eigenvalue weighted by Crippen LogP contribution is 2.22. The van der Waals surface area contributed by atoms with Crippen molar-refractivity contribution in [3.05, 3.63) is 89.7 Å². The van der Waals surface area contributed by atoms with Crippen LogP contribution in [0.4, 0.5) is 10.1 Å². The Kier molecular flexibility index (Phi) is 6.68. The van der Waals surface area contributed by atoms with Crippen LogP contribution in [0.2, 0.25) is 0 Å². The second kappa shape index (κ2) is 9.41. The lowest BCUT2D eigenvalue weighted by Crippen LogP contribution is -2.26. The van der Waals surface area contributed by atoms with Crippen LogP contribution in [0.1, 0.15) is 15.9 Å². The molecule has 0 bridgehead atoms. The third-order valence-electron chi connectivity index (χ3n) is 4.37. The number of carbonyl (C=O) groups is 1. The lowest BCUT2D eigenvalue weighted by Gasteiger charge is -2.11. The minimum atomic E-state index is -4.23. The Labute approximate surface area is 174 Å². The first kappa shape index (κ1) is 21.3. The summed E-state index contributed by atoms with van der Waals surface area (Å²) in [7, 11) is -2.74. The highest BCUT2D eigenvalue weighted by Gasteiger charge is 2.21. The monoisotopic (exact) mass is 428 g/mol. The molecule has 1 amide bonds. The van der Waals surface area contributed by atoms with E-state index in [4.69, 9.17) is 4.74 Å². The molecule has 0 aromatic heterocycles. The number of hydrogen-bond donors (Lipinski definition) is 2. The molecule has 2 N–H and O–H groups in total. The standard InChI is InChI=1S/C22H21FN2O4S/c1-29-19-10-8-18(9-11-19)25-30(27,28)21-15-17(7-12-20(21)23)22(26)24-14-13-16-5-3-2-4-6-16/h2-12,15,25H,13-14H2,1H3,(H,24,26). The average molecular weight is 428 g/mol. The van der Waals surface area contributed by atoms with Crippen LogP contribution in [0, 0.1) is 5.82 Å². The lowest BCUT2D eigenvalue weighted by molar-refractivity contribution is 0.0954. The van der Waals surface area contributed by atoms with Gasteiger partial charge in [0.15, 0.2) is 0 Å². The number of ether oxygens (including phenoxy) is 1. The van der Waals surface area contributed by atoms with Crippen molar-refractivity contribution in [1.29, 1.82) is 0 Å². The Hall–Kier alpha value is -3.39. The molecule has 8 heteroatoms. The van der Waals surface area contributed by atoms with Crippen LogP contribution in [0.25, 0.3) is 0 Å². The molecule has 0 atom stereocenters. The van der Waals surface area contributed by atoms with Gasteiger partial charge in [-0.2, -0.15) is 0 Å². The van der Waals surface area contributed by atoms with Gasteiger partial charge in [-0.1, -0.05) is 30.3 Å². The van der Waals surface area contributed by atoms with Crippen LogP contribution in [0.15, 0.2) is 77.7 Å². The smallest absolute Gasteiger partial charge is 0.264 e. The summed E-state index contributed by atoms with van der Waals surface area (Å²) in [6.07, 6.45) is 0.623. The number of anilines is 1. The van der Waals surface area contributed by atoms with Crippen molar-refractivity contribution in [3.63, 3.8) is 0 Å². The van der Waals surface area contributed by atoms with Gasteiger partial charge in [0.1, 0.15) is 16.5 Å². The van der Waals surface area contributed by atoms with Crippen molar-refractivity contribution >= 4 is 21.6 Å². The molecule has 0 aliphatic heterocycles. The molecule has 0 spiro atoms. The van der Waals surface area contributed by atoms with Gasteiger partial charge < -0.3 is 10.1 Å². The second-order valence-electron chi connectivity index (χ2n) is 6.47. The van der Waals surface area contributed by atoms with Crippen LogP contribution < -0.4 is 14.8 Å². The van der Waals surface area contributed by atoms with Gasteiger partial charge in [-0.3, -0.25) is 9.52 Å². The van der Waals surface area contributed by atoms with Gasteiger partial charge in [0.2, 0.25) is 0 Å². The largest absolute Gasteiger partial charge is 0.497 e. The zero-order chi connectivity index (χ0) is 21.6. The number of rotatable bonds is 8.